The first-order valence-corrected chi connectivity index (χ1v) is 12.2. The SMILES string of the molecule is CCOc1ccccc1NC(=O)N(Cc1ccc(OC)c(OS(=O)(=O)CC)c1)C(C)CC. The van der Waals surface area contributed by atoms with Crippen LogP contribution in [0.3, 0.4) is 0 Å². The number of para-hydroxylation sites is 2. The van der Waals surface area contributed by atoms with Gasteiger partial charge in [0.15, 0.2) is 11.5 Å². The maximum Gasteiger partial charge on any atom is 0.322 e. The predicted octanol–water partition coefficient (Wildman–Crippen LogP) is 4.66. The minimum atomic E-state index is -3.73. The Bertz CT molecular complexity index is 1010. The Kier molecular flexibility index (Phi) is 9.19. The largest absolute Gasteiger partial charge is 0.493 e. The van der Waals surface area contributed by atoms with Crippen LogP contribution in [0.2, 0.25) is 0 Å². The number of carbonyl (C=O) groups is 1. The number of anilines is 1. The van der Waals surface area contributed by atoms with Gasteiger partial charge in [0.1, 0.15) is 5.75 Å². The van der Waals surface area contributed by atoms with Gasteiger partial charge in [0.05, 0.1) is 25.2 Å². The Morgan fingerprint density at radius 3 is 2.41 bits per heavy atom. The van der Waals surface area contributed by atoms with Crippen LogP contribution < -0.4 is 19.0 Å². The molecule has 1 unspecified atom stereocenters. The van der Waals surface area contributed by atoms with Gasteiger partial charge < -0.3 is 23.9 Å². The zero-order valence-electron chi connectivity index (χ0n) is 19.3. The molecule has 2 rings (SSSR count). The molecule has 0 radical (unpaired) electrons. The minimum absolute atomic E-state index is 0.0694. The fourth-order valence-corrected chi connectivity index (χ4v) is 3.49. The van der Waals surface area contributed by atoms with E-state index in [1.54, 1.807) is 35.2 Å². The van der Waals surface area contributed by atoms with Crippen molar-refractivity contribution in [1.82, 2.24) is 4.90 Å². The predicted molar refractivity (Wildman–Crippen MR) is 125 cm³/mol. The molecule has 0 aliphatic rings. The number of carbonyl (C=O) groups excluding carboxylic acids is 1. The summed E-state index contributed by atoms with van der Waals surface area (Å²) in [6.07, 6.45) is 0.740. The molecule has 1 N–H and O–H groups in total. The highest BCUT2D eigenvalue weighted by Gasteiger charge is 2.22. The van der Waals surface area contributed by atoms with Crippen molar-refractivity contribution in [2.24, 2.45) is 0 Å². The van der Waals surface area contributed by atoms with Crippen molar-refractivity contribution in [1.29, 1.82) is 0 Å². The van der Waals surface area contributed by atoms with E-state index in [9.17, 15) is 13.2 Å². The molecule has 2 amide bonds. The van der Waals surface area contributed by atoms with Crippen molar-refractivity contribution < 1.29 is 26.9 Å². The molecule has 9 heteroatoms. The van der Waals surface area contributed by atoms with Crippen molar-refractivity contribution in [3.8, 4) is 17.2 Å². The molecule has 2 aromatic rings. The molecule has 176 valence electrons. The molecule has 0 spiro atoms. The Hall–Kier alpha value is -2.94. The third-order valence-corrected chi connectivity index (χ3v) is 6.10. The molecule has 0 aromatic heterocycles. The highest BCUT2D eigenvalue weighted by molar-refractivity contribution is 7.87. The average Bonchev–Trinajstić information content (AvgIpc) is 2.78. The van der Waals surface area contributed by atoms with Crippen LogP contribution in [-0.4, -0.2) is 44.9 Å². The number of hydrogen-bond acceptors (Lipinski definition) is 6. The van der Waals surface area contributed by atoms with Gasteiger partial charge in [-0.25, -0.2) is 4.79 Å². The molecule has 0 aliphatic carbocycles. The Morgan fingerprint density at radius 2 is 1.78 bits per heavy atom. The summed E-state index contributed by atoms with van der Waals surface area (Å²) >= 11 is 0. The number of nitrogens with one attached hydrogen (secondary N) is 1. The first-order valence-electron chi connectivity index (χ1n) is 10.6. The van der Waals surface area contributed by atoms with Crippen LogP contribution >= 0.6 is 0 Å². The molecular formula is C23H32N2O6S. The summed E-state index contributed by atoms with van der Waals surface area (Å²) in [7, 11) is -2.29. The smallest absolute Gasteiger partial charge is 0.322 e. The zero-order valence-corrected chi connectivity index (χ0v) is 20.1. The lowest BCUT2D eigenvalue weighted by molar-refractivity contribution is 0.186. The van der Waals surface area contributed by atoms with E-state index in [4.69, 9.17) is 13.7 Å². The molecule has 0 bridgehead atoms. The molecule has 0 fully saturated rings. The Morgan fingerprint density at radius 1 is 1.06 bits per heavy atom. The number of amides is 2. The monoisotopic (exact) mass is 464 g/mol. The second kappa shape index (κ2) is 11.6. The lowest BCUT2D eigenvalue weighted by atomic mass is 10.1. The van der Waals surface area contributed by atoms with E-state index in [1.807, 2.05) is 32.9 Å². The highest BCUT2D eigenvalue weighted by Crippen LogP contribution is 2.31. The number of rotatable bonds is 11. The van der Waals surface area contributed by atoms with E-state index in [1.165, 1.54) is 14.0 Å². The minimum Gasteiger partial charge on any atom is -0.493 e. The number of nitrogens with zero attached hydrogens (tertiary/aromatic N) is 1. The quantitative estimate of drug-likeness (QED) is 0.486. The topological polar surface area (TPSA) is 94.2 Å². The molecule has 0 aliphatic heterocycles. The molecule has 0 saturated heterocycles. The van der Waals surface area contributed by atoms with Gasteiger partial charge in [-0.3, -0.25) is 0 Å². The van der Waals surface area contributed by atoms with Crippen LogP contribution in [0.1, 0.15) is 39.7 Å². The lowest BCUT2D eigenvalue weighted by Gasteiger charge is -2.29. The maximum absolute atomic E-state index is 13.2. The van der Waals surface area contributed by atoms with Crippen LogP contribution in [0, 0.1) is 0 Å². The normalized spacial score (nSPS) is 12.0. The molecule has 1 atom stereocenters. The van der Waals surface area contributed by atoms with E-state index in [0.29, 0.717) is 29.4 Å². The van der Waals surface area contributed by atoms with Crippen molar-refractivity contribution in [3.05, 3.63) is 48.0 Å². The van der Waals surface area contributed by atoms with E-state index >= 15 is 0 Å². The van der Waals surface area contributed by atoms with Gasteiger partial charge in [0, 0.05) is 12.6 Å². The maximum atomic E-state index is 13.2. The average molecular weight is 465 g/mol. The number of methoxy groups -OCH3 is 1. The van der Waals surface area contributed by atoms with Crippen LogP contribution in [-0.2, 0) is 16.7 Å². The number of hydrogen-bond donors (Lipinski definition) is 1. The van der Waals surface area contributed by atoms with Crippen molar-refractivity contribution >= 4 is 21.8 Å². The summed E-state index contributed by atoms with van der Waals surface area (Å²) in [5, 5.41) is 2.93. The Labute approximate surface area is 190 Å². The van der Waals surface area contributed by atoms with Gasteiger partial charge >= 0.3 is 16.1 Å². The van der Waals surface area contributed by atoms with Crippen molar-refractivity contribution in [2.45, 2.75) is 46.7 Å². The summed E-state index contributed by atoms with van der Waals surface area (Å²) in [4.78, 5) is 14.8. The van der Waals surface area contributed by atoms with E-state index in [0.717, 1.165) is 6.42 Å². The van der Waals surface area contributed by atoms with Crippen LogP contribution in [0.5, 0.6) is 17.2 Å². The fraction of sp³-hybridized carbons (Fsp3) is 0.435. The second-order valence-corrected chi connectivity index (χ2v) is 9.02. The molecule has 2 aromatic carbocycles. The molecule has 8 nitrogen and oxygen atoms in total. The first kappa shape index (κ1) is 25.3. The van der Waals surface area contributed by atoms with Crippen LogP contribution in [0.15, 0.2) is 42.5 Å². The van der Waals surface area contributed by atoms with E-state index in [-0.39, 0.29) is 30.1 Å². The number of ether oxygens (including phenoxy) is 2. The fourth-order valence-electron chi connectivity index (χ4n) is 2.96. The van der Waals surface area contributed by atoms with Crippen molar-refractivity contribution in [2.75, 3.05) is 24.8 Å². The standard InChI is InChI=1S/C23H32N2O6S/c1-6-17(4)25(23(26)24-19-11-9-10-12-20(19)30-7-2)16-18-13-14-21(29-5)22(15-18)31-32(27,28)8-3/h9-15,17H,6-8,16H2,1-5H3,(H,24,26). The summed E-state index contributed by atoms with van der Waals surface area (Å²) in [5.41, 5.74) is 1.29. The van der Waals surface area contributed by atoms with Gasteiger partial charge in [0.2, 0.25) is 0 Å². The Balaban J connectivity index is 2.30. The summed E-state index contributed by atoms with van der Waals surface area (Å²) in [6.45, 7) is 8.07. The van der Waals surface area contributed by atoms with Gasteiger partial charge in [-0.1, -0.05) is 25.1 Å². The van der Waals surface area contributed by atoms with Gasteiger partial charge in [0.25, 0.3) is 0 Å². The van der Waals surface area contributed by atoms with Gasteiger partial charge in [-0.15, -0.1) is 0 Å². The third kappa shape index (κ3) is 6.78. The number of benzene rings is 2. The summed E-state index contributed by atoms with van der Waals surface area (Å²) in [6, 6.07) is 11.9. The molecular weight excluding hydrogens is 432 g/mol. The van der Waals surface area contributed by atoms with Crippen molar-refractivity contribution in [3.63, 3.8) is 0 Å². The van der Waals surface area contributed by atoms with Gasteiger partial charge in [-0.05, 0) is 57.0 Å². The number of urea groups is 1. The zero-order chi connectivity index (χ0) is 23.7. The van der Waals surface area contributed by atoms with E-state index < -0.39 is 10.1 Å². The first-order chi connectivity index (χ1) is 15.2. The molecule has 0 heterocycles. The molecule has 0 saturated carbocycles. The highest BCUT2D eigenvalue weighted by atomic mass is 32.2. The third-order valence-electron chi connectivity index (χ3n) is 4.96. The lowest BCUT2D eigenvalue weighted by Crippen LogP contribution is -2.40. The van der Waals surface area contributed by atoms with Gasteiger partial charge in [-0.2, -0.15) is 8.42 Å². The second-order valence-electron chi connectivity index (χ2n) is 7.16. The summed E-state index contributed by atoms with van der Waals surface area (Å²) in [5.74, 6) is 0.826. The summed E-state index contributed by atoms with van der Waals surface area (Å²) < 4.78 is 39.9. The van der Waals surface area contributed by atoms with Crippen LogP contribution in [0.25, 0.3) is 0 Å². The molecule has 32 heavy (non-hydrogen) atoms. The van der Waals surface area contributed by atoms with Crippen LogP contribution in [0.4, 0.5) is 10.5 Å². The van der Waals surface area contributed by atoms with E-state index in [2.05, 4.69) is 5.32 Å².